The van der Waals surface area contributed by atoms with E-state index in [9.17, 15) is 0 Å². The molecule has 54 heavy (non-hydrogen) atoms. The number of hydrogen-bond acceptors (Lipinski definition) is 1. The molecule has 0 aliphatic heterocycles. The molecule has 0 fully saturated rings. The fourth-order valence-electron chi connectivity index (χ4n) is 9.01. The van der Waals surface area contributed by atoms with E-state index in [1.54, 1.807) is 0 Å². The van der Waals surface area contributed by atoms with Gasteiger partial charge in [-0.25, -0.2) is 0 Å². The smallest absolute Gasteiger partial charge is 0.0493 e. The van der Waals surface area contributed by atoms with Crippen LogP contribution < -0.4 is 4.90 Å². The van der Waals surface area contributed by atoms with Crippen LogP contribution in [-0.4, -0.2) is 4.57 Å². The Bertz CT molecular complexity index is 2710. The molecule has 0 spiro atoms. The Morgan fingerprint density at radius 1 is 0.593 bits per heavy atom. The number of benzene rings is 7. The van der Waals surface area contributed by atoms with E-state index in [1.807, 2.05) is 0 Å². The first-order valence-corrected chi connectivity index (χ1v) is 19.4. The van der Waals surface area contributed by atoms with Gasteiger partial charge in [-0.3, -0.25) is 0 Å². The normalized spacial score (nSPS) is 12.4. The summed E-state index contributed by atoms with van der Waals surface area (Å²) in [5, 5.41) is 5.14. The molecule has 8 aromatic rings. The van der Waals surface area contributed by atoms with Gasteiger partial charge in [0, 0.05) is 34.1 Å². The van der Waals surface area contributed by atoms with Crippen LogP contribution in [-0.2, 0) is 12.8 Å². The van der Waals surface area contributed by atoms with E-state index in [2.05, 4.69) is 196 Å². The molecule has 0 saturated carbocycles. The summed E-state index contributed by atoms with van der Waals surface area (Å²) in [4.78, 5) is 2.43. The Morgan fingerprint density at radius 3 is 1.96 bits per heavy atom. The average molecular weight is 699 g/mol. The second-order valence-corrected chi connectivity index (χ2v) is 14.9. The molecule has 0 atom stereocenters. The van der Waals surface area contributed by atoms with Gasteiger partial charge >= 0.3 is 0 Å². The molecule has 2 heteroatoms. The summed E-state index contributed by atoms with van der Waals surface area (Å²) >= 11 is 0. The molecule has 1 aromatic heterocycles. The number of allylic oxidation sites excluding steroid dienone is 1. The zero-order valence-electron chi connectivity index (χ0n) is 31.9. The number of nitrogens with zero attached hydrogens (tertiary/aromatic N) is 2. The molecule has 0 amide bonds. The summed E-state index contributed by atoms with van der Waals surface area (Å²) in [6, 6.07) is 51.7. The SMILES string of the molecule is CCc1c(C)c2c(n1-c1ccc(N(c3ccccc3)c3cc(C)c(-c4c5ccccc5c(-c5ccccc5)c5ccc(C)cc45)cc3C)cc1)CCC=C2. The predicted octanol–water partition coefficient (Wildman–Crippen LogP) is 14.3. The predicted molar refractivity (Wildman–Crippen MR) is 232 cm³/mol. The molecule has 264 valence electrons. The van der Waals surface area contributed by atoms with Crippen LogP contribution in [0.5, 0.6) is 0 Å². The molecule has 0 radical (unpaired) electrons. The quantitative estimate of drug-likeness (QED) is 0.150. The molecule has 0 unspecified atom stereocenters. The van der Waals surface area contributed by atoms with Crippen LogP contribution in [0.25, 0.3) is 55.6 Å². The number of aryl methyl sites for hydroxylation is 3. The van der Waals surface area contributed by atoms with Crippen LogP contribution in [0.2, 0.25) is 0 Å². The number of fused-ring (bicyclic) bond motifs is 3. The van der Waals surface area contributed by atoms with Crippen LogP contribution in [0.15, 0.2) is 146 Å². The summed E-state index contributed by atoms with van der Waals surface area (Å²) in [7, 11) is 0. The Labute approximate surface area is 319 Å². The van der Waals surface area contributed by atoms with Crippen molar-refractivity contribution in [2.24, 2.45) is 0 Å². The highest BCUT2D eigenvalue weighted by molar-refractivity contribution is 6.21. The minimum absolute atomic E-state index is 1.01. The number of anilines is 3. The second kappa shape index (κ2) is 13.7. The Balaban J connectivity index is 1.21. The Hall–Kier alpha value is -6.12. The van der Waals surface area contributed by atoms with E-state index >= 15 is 0 Å². The molecular weight excluding hydrogens is 653 g/mol. The summed E-state index contributed by atoms with van der Waals surface area (Å²) in [6.07, 6.45) is 7.83. The maximum Gasteiger partial charge on any atom is 0.0493 e. The maximum atomic E-state index is 2.52. The zero-order valence-corrected chi connectivity index (χ0v) is 31.9. The summed E-state index contributed by atoms with van der Waals surface area (Å²) in [5.41, 5.74) is 19.3. The lowest BCUT2D eigenvalue weighted by atomic mass is 9.84. The van der Waals surface area contributed by atoms with Gasteiger partial charge < -0.3 is 9.47 Å². The third-order valence-corrected chi connectivity index (χ3v) is 11.5. The highest BCUT2D eigenvalue weighted by Gasteiger charge is 2.23. The van der Waals surface area contributed by atoms with E-state index in [0.717, 1.165) is 30.6 Å². The van der Waals surface area contributed by atoms with E-state index in [0.29, 0.717) is 0 Å². The molecule has 1 heterocycles. The van der Waals surface area contributed by atoms with Gasteiger partial charge in [0.2, 0.25) is 0 Å². The molecule has 1 aliphatic rings. The van der Waals surface area contributed by atoms with Crippen molar-refractivity contribution >= 4 is 44.7 Å². The number of para-hydroxylation sites is 1. The third kappa shape index (κ3) is 5.56. The Morgan fingerprint density at radius 2 is 1.24 bits per heavy atom. The molecule has 0 saturated heterocycles. The monoisotopic (exact) mass is 698 g/mol. The van der Waals surface area contributed by atoms with Crippen LogP contribution in [0.3, 0.4) is 0 Å². The van der Waals surface area contributed by atoms with Crippen molar-refractivity contribution in [1.82, 2.24) is 4.57 Å². The highest BCUT2D eigenvalue weighted by Crippen LogP contribution is 2.47. The van der Waals surface area contributed by atoms with Crippen LogP contribution in [0.1, 0.15) is 52.5 Å². The van der Waals surface area contributed by atoms with Crippen molar-refractivity contribution in [2.45, 2.75) is 53.9 Å². The van der Waals surface area contributed by atoms with Gasteiger partial charge in [-0.15, -0.1) is 0 Å². The fraction of sp³-hybridized carbons (Fsp3) is 0.154. The van der Waals surface area contributed by atoms with Gasteiger partial charge in [-0.1, -0.05) is 116 Å². The van der Waals surface area contributed by atoms with Gasteiger partial charge in [0.05, 0.1) is 0 Å². The first-order valence-electron chi connectivity index (χ1n) is 19.4. The largest absolute Gasteiger partial charge is 0.317 e. The van der Waals surface area contributed by atoms with E-state index < -0.39 is 0 Å². The summed E-state index contributed by atoms with van der Waals surface area (Å²) < 4.78 is 2.52. The lowest BCUT2D eigenvalue weighted by Gasteiger charge is -2.29. The van der Waals surface area contributed by atoms with Gasteiger partial charge in [0.1, 0.15) is 0 Å². The fourth-order valence-corrected chi connectivity index (χ4v) is 9.01. The average Bonchev–Trinajstić information content (AvgIpc) is 3.50. The zero-order chi connectivity index (χ0) is 36.9. The van der Waals surface area contributed by atoms with Gasteiger partial charge in [0.15, 0.2) is 0 Å². The minimum Gasteiger partial charge on any atom is -0.317 e. The van der Waals surface area contributed by atoms with Crippen LogP contribution in [0, 0.1) is 27.7 Å². The highest BCUT2D eigenvalue weighted by atomic mass is 15.1. The summed E-state index contributed by atoms with van der Waals surface area (Å²) in [5.74, 6) is 0. The first-order chi connectivity index (χ1) is 26.4. The van der Waals surface area contributed by atoms with Crippen molar-refractivity contribution in [3.8, 4) is 27.9 Å². The molecule has 9 rings (SSSR count). The molecule has 2 nitrogen and oxygen atoms in total. The molecule has 7 aromatic carbocycles. The molecular formula is C52H46N2. The second-order valence-electron chi connectivity index (χ2n) is 14.9. The van der Waals surface area contributed by atoms with Crippen LogP contribution >= 0.6 is 0 Å². The standard InChI is InChI=1S/C52H46N2/c1-6-48-37(5)42-21-15-16-24-49(42)54(48)41-28-26-40(27-29-41)53(39-19-11-8-12-20-39)50-33-35(3)46(32-36(50)4)52-44-23-14-13-22-43(44)51(38-17-9-7-10-18-38)45-30-25-34(2)31-47(45)52/h7-15,17-23,25-33H,6,16,24H2,1-5H3. The lowest BCUT2D eigenvalue weighted by molar-refractivity contribution is 0.833. The first kappa shape index (κ1) is 33.7. The lowest BCUT2D eigenvalue weighted by Crippen LogP contribution is -2.12. The van der Waals surface area contributed by atoms with Crippen LogP contribution in [0.4, 0.5) is 17.1 Å². The van der Waals surface area contributed by atoms with Gasteiger partial charge in [-0.2, -0.15) is 0 Å². The van der Waals surface area contributed by atoms with E-state index in [1.165, 1.54) is 94.4 Å². The van der Waals surface area contributed by atoms with Gasteiger partial charge in [-0.05, 0) is 162 Å². The van der Waals surface area contributed by atoms with E-state index in [4.69, 9.17) is 0 Å². The molecule has 1 aliphatic carbocycles. The summed E-state index contributed by atoms with van der Waals surface area (Å²) in [6.45, 7) is 11.3. The van der Waals surface area contributed by atoms with Crippen molar-refractivity contribution in [1.29, 1.82) is 0 Å². The van der Waals surface area contributed by atoms with Crippen molar-refractivity contribution in [3.05, 3.63) is 185 Å². The van der Waals surface area contributed by atoms with Gasteiger partial charge in [0.25, 0.3) is 0 Å². The maximum absolute atomic E-state index is 2.52. The third-order valence-electron chi connectivity index (χ3n) is 11.5. The van der Waals surface area contributed by atoms with E-state index in [-0.39, 0.29) is 0 Å². The minimum atomic E-state index is 1.01. The number of rotatable bonds is 7. The molecule has 0 bridgehead atoms. The number of hydrogen-bond donors (Lipinski definition) is 0. The van der Waals surface area contributed by atoms with Crippen molar-refractivity contribution in [3.63, 3.8) is 0 Å². The Kier molecular flexibility index (Phi) is 8.55. The van der Waals surface area contributed by atoms with Crippen molar-refractivity contribution in [2.75, 3.05) is 4.90 Å². The van der Waals surface area contributed by atoms with Crippen molar-refractivity contribution < 1.29 is 0 Å². The molecule has 0 N–H and O–H groups in total. The number of aromatic nitrogens is 1. The topological polar surface area (TPSA) is 8.17 Å².